The van der Waals surface area contributed by atoms with E-state index in [1.807, 2.05) is 6.07 Å². The maximum absolute atomic E-state index is 13.2. The monoisotopic (exact) mass is 233 g/mol. The summed E-state index contributed by atoms with van der Waals surface area (Å²) >= 11 is 0. The molecule has 1 aromatic carbocycles. The highest BCUT2D eigenvalue weighted by Gasteiger charge is 2.16. The molecule has 0 spiro atoms. The molecular weight excluding hydrogens is 217 g/mol. The van der Waals surface area contributed by atoms with Crippen molar-refractivity contribution in [2.45, 2.75) is 25.4 Å². The van der Waals surface area contributed by atoms with E-state index in [0.29, 0.717) is 18.2 Å². The van der Waals surface area contributed by atoms with E-state index in [1.54, 1.807) is 6.07 Å². The third kappa shape index (κ3) is 3.26. The van der Waals surface area contributed by atoms with Crippen molar-refractivity contribution in [1.82, 2.24) is 4.90 Å². The number of likely N-dealkylation sites (tertiary alicyclic amines) is 1. The largest absolute Gasteiger partial charge is 0.328 e. The van der Waals surface area contributed by atoms with Crippen molar-refractivity contribution in [3.63, 3.8) is 0 Å². The van der Waals surface area contributed by atoms with Gasteiger partial charge in [-0.3, -0.25) is 4.90 Å². The molecule has 1 aliphatic rings. The molecule has 0 aliphatic carbocycles. The van der Waals surface area contributed by atoms with E-state index in [0.717, 1.165) is 31.5 Å². The van der Waals surface area contributed by atoms with Gasteiger partial charge in [0.05, 0.1) is 11.6 Å². The van der Waals surface area contributed by atoms with Crippen LogP contribution < -0.4 is 5.73 Å². The fourth-order valence-corrected chi connectivity index (χ4v) is 2.18. The van der Waals surface area contributed by atoms with Gasteiger partial charge >= 0.3 is 0 Å². The van der Waals surface area contributed by atoms with Gasteiger partial charge in [0.1, 0.15) is 5.82 Å². The van der Waals surface area contributed by atoms with Crippen molar-refractivity contribution < 1.29 is 4.39 Å². The number of nitrogens with two attached hydrogens (primary N) is 1. The highest BCUT2D eigenvalue weighted by Crippen LogP contribution is 2.15. The van der Waals surface area contributed by atoms with E-state index in [9.17, 15) is 4.39 Å². The highest BCUT2D eigenvalue weighted by atomic mass is 19.1. The summed E-state index contributed by atoms with van der Waals surface area (Å²) in [5.74, 6) is -0.340. The molecule has 1 aliphatic heterocycles. The van der Waals surface area contributed by atoms with Crippen LogP contribution in [0, 0.1) is 17.1 Å². The van der Waals surface area contributed by atoms with Gasteiger partial charge in [-0.1, -0.05) is 0 Å². The highest BCUT2D eigenvalue weighted by molar-refractivity contribution is 5.33. The van der Waals surface area contributed by atoms with Crippen LogP contribution in [0.25, 0.3) is 0 Å². The lowest BCUT2D eigenvalue weighted by atomic mass is 10.0. The summed E-state index contributed by atoms with van der Waals surface area (Å²) in [6.45, 7) is 2.58. The van der Waals surface area contributed by atoms with Crippen molar-refractivity contribution in [3.05, 3.63) is 35.1 Å². The predicted molar refractivity (Wildman–Crippen MR) is 63.6 cm³/mol. The van der Waals surface area contributed by atoms with Crippen LogP contribution in [-0.4, -0.2) is 24.0 Å². The van der Waals surface area contributed by atoms with E-state index in [2.05, 4.69) is 4.90 Å². The first kappa shape index (κ1) is 12.0. The molecule has 3 nitrogen and oxygen atoms in total. The molecule has 0 aromatic heterocycles. The van der Waals surface area contributed by atoms with Gasteiger partial charge in [0.2, 0.25) is 0 Å². The van der Waals surface area contributed by atoms with Crippen LogP contribution >= 0.6 is 0 Å². The molecule has 1 heterocycles. The van der Waals surface area contributed by atoms with E-state index in [-0.39, 0.29) is 5.82 Å². The second-order valence-corrected chi connectivity index (χ2v) is 4.57. The Bertz CT molecular complexity index is 431. The average Bonchev–Trinajstić information content (AvgIpc) is 2.31. The number of piperidine rings is 1. The summed E-state index contributed by atoms with van der Waals surface area (Å²) in [6.07, 6.45) is 1.97. The van der Waals surface area contributed by atoms with Crippen LogP contribution in [-0.2, 0) is 6.54 Å². The van der Waals surface area contributed by atoms with Gasteiger partial charge in [-0.05, 0) is 49.7 Å². The summed E-state index contributed by atoms with van der Waals surface area (Å²) in [4.78, 5) is 2.25. The molecule has 1 saturated heterocycles. The maximum Gasteiger partial charge on any atom is 0.124 e. The van der Waals surface area contributed by atoms with Crippen molar-refractivity contribution in [2.24, 2.45) is 5.73 Å². The molecule has 2 N–H and O–H groups in total. The average molecular weight is 233 g/mol. The zero-order valence-corrected chi connectivity index (χ0v) is 9.69. The first-order valence-electron chi connectivity index (χ1n) is 5.85. The van der Waals surface area contributed by atoms with Crippen LogP contribution in [0.1, 0.15) is 24.0 Å². The van der Waals surface area contributed by atoms with E-state index in [1.165, 1.54) is 12.1 Å². The second-order valence-electron chi connectivity index (χ2n) is 4.57. The number of hydrogen-bond donors (Lipinski definition) is 1. The summed E-state index contributed by atoms with van der Waals surface area (Å²) in [5, 5.41) is 8.78. The van der Waals surface area contributed by atoms with Crippen molar-refractivity contribution >= 4 is 0 Å². The minimum Gasteiger partial charge on any atom is -0.328 e. The van der Waals surface area contributed by atoms with E-state index in [4.69, 9.17) is 11.0 Å². The lowest BCUT2D eigenvalue weighted by Crippen LogP contribution is -2.39. The lowest BCUT2D eigenvalue weighted by Gasteiger charge is -2.30. The molecule has 4 heteroatoms. The van der Waals surface area contributed by atoms with Crippen LogP contribution in [0.4, 0.5) is 4.39 Å². The SMILES string of the molecule is N#Cc1cc(F)cc(CN2CCC(N)CC2)c1. The molecule has 90 valence electrons. The predicted octanol–water partition coefficient (Wildman–Crippen LogP) is 1.62. The van der Waals surface area contributed by atoms with Crippen LogP contribution in [0.5, 0.6) is 0 Å². The fourth-order valence-electron chi connectivity index (χ4n) is 2.18. The smallest absolute Gasteiger partial charge is 0.124 e. The van der Waals surface area contributed by atoms with Gasteiger partial charge in [-0.25, -0.2) is 4.39 Å². The minimum absolute atomic E-state index is 0.299. The quantitative estimate of drug-likeness (QED) is 0.844. The topological polar surface area (TPSA) is 53.0 Å². The number of halogens is 1. The minimum atomic E-state index is -0.340. The standard InChI is InChI=1S/C13H16FN3/c14-12-6-10(8-15)5-11(7-12)9-17-3-1-13(16)2-4-17/h5-7,13H,1-4,9,16H2. The lowest BCUT2D eigenvalue weighted by molar-refractivity contribution is 0.205. The van der Waals surface area contributed by atoms with Crippen molar-refractivity contribution in [1.29, 1.82) is 5.26 Å². The zero-order chi connectivity index (χ0) is 12.3. The van der Waals surface area contributed by atoms with Gasteiger partial charge in [0, 0.05) is 12.6 Å². The van der Waals surface area contributed by atoms with Gasteiger partial charge in [0.15, 0.2) is 0 Å². The molecule has 0 saturated carbocycles. The molecule has 17 heavy (non-hydrogen) atoms. The first-order valence-corrected chi connectivity index (χ1v) is 5.85. The Morgan fingerprint density at radius 3 is 2.71 bits per heavy atom. The van der Waals surface area contributed by atoms with Crippen LogP contribution in [0.15, 0.2) is 18.2 Å². The number of rotatable bonds is 2. The second kappa shape index (κ2) is 5.26. The maximum atomic E-state index is 13.2. The number of benzene rings is 1. The Hall–Kier alpha value is -1.44. The first-order chi connectivity index (χ1) is 8.17. The van der Waals surface area contributed by atoms with Gasteiger partial charge < -0.3 is 5.73 Å². The van der Waals surface area contributed by atoms with Gasteiger partial charge in [-0.2, -0.15) is 5.26 Å². The summed E-state index contributed by atoms with van der Waals surface area (Å²) < 4.78 is 13.2. The zero-order valence-electron chi connectivity index (χ0n) is 9.69. The molecule has 1 aromatic rings. The molecular formula is C13H16FN3. The van der Waals surface area contributed by atoms with Crippen LogP contribution in [0.3, 0.4) is 0 Å². The summed E-state index contributed by atoms with van der Waals surface area (Å²) in [6, 6.07) is 6.78. The normalized spacial score (nSPS) is 17.9. The molecule has 0 amide bonds. The summed E-state index contributed by atoms with van der Waals surface area (Å²) in [5.41, 5.74) is 7.07. The number of nitrogens with zero attached hydrogens (tertiary/aromatic N) is 2. The molecule has 2 rings (SSSR count). The third-order valence-electron chi connectivity index (χ3n) is 3.13. The molecule has 0 unspecified atom stereocenters. The van der Waals surface area contributed by atoms with Crippen LogP contribution in [0.2, 0.25) is 0 Å². The van der Waals surface area contributed by atoms with Crippen molar-refractivity contribution in [3.8, 4) is 6.07 Å². The summed E-state index contributed by atoms with van der Waals surface area (Å²) in [7, 11) is 0. The van der Waals surface area contributed by atoms with Gasteiger partial charge in [-0.15, -0.1) is 0 Å². The molecule has 0 atom stereocenters. The molecule has 0 bridgehead atoms. The van der Waals surface area contributed by atoms with E-state index >= 15 is 0 Å². The number of hydrogen-bond acceptors (Lipinski definition) is 3. The molecule has 0 radical (unpaired) electrons. The fraction of sp³-hybridized carbons (Fsp3) is 0.462. The van der Waals surface area contributed by atoms with Crippen molar-refractivity contribution in [2.75, 3.05) is 13.1 Å². The Labute approximate surface area is 101 Å². The Balaban J connectivity index is 2.03. The Morgan fingerprint density at radius 2 is 2.06 bits per heavy atom. The number of nitriles is 1. The Kier molecular flexibility index (Phi) is 3.72. The Morgan fingerprint density at radius 1 is 1.35 bits per heavy atom. The third-order valence-corrected chi connectivity index (χ3v) is 3.13. The van der Waals surface area contributed by atoms with E-state index < -0.39 is 0 Å². The van der Waals surface area contributed by atoms with Gasteiger partial charge in [0.25, 0.3) is 0 Å². The molecule has 1 fully saturated rings.